The Morgan fingerprint density at radius 2 is 2.00 bits per heavy atom. The van der Waals surface area contributed by atoms with Gasteiger partial charge in [-0.3, -0.25) is 11.3 Å². The number of hydrogen-bond donors (Lipinski definition) is 2. The molecule has 1 atom stereocenters. The SMILES string of the molecule is Cc1ccccc1SCC(NN)C1CCCCC1. The zero-order chi connectivity index (χ0) is 12.8. The van der Waals surface area contributed by atoms with Crippen molar-refractivity contribution in [3.05, 3.63) is 29.8 Å². The van der Waals surface area contributed by atoms with E-state index in [0.29, 0.717) is 6.04 Å². The van der Waals surface area contributed by atoms with Crippen molar-refractivity contribution in [1.82, 2.24) is 5.43 Å². The van der Waals surface area contributed by atoms with Crippen LogP contribution in [0.5, 0.6) is 0 Å². The minimum atomic E-state index is 0.454. The Morgan fingerprint density at radius 3 is 2.67 bits per heavy atom. The van der Waals surface area contributed by atoms with Crippen molar-refractivity contribution in [3.63, 3.8) is 0 Å². The lowest BCUT2D eigenvalue weighted by Gasteiger charge is -2.29. The van der Waals surface area contributed by atoms with Crippen LogP contribution >= 0.6 is 11.8 Å². The molecular formula is C15H24N2S. The lowest BCUT2D eigenvalue weighted by molar-refractivity contribution is 0.287. The highest BCUT2D eigenvalue weighted by molar-refractivity contribution is 7.99. The molecule has 0 spiro atoms. The summed E-state index contributed by atoms with van der Waals surface area (Å²) < 4.78 is 0. The molecule has 1 fully saturated rings. The fourth-order valence-electron chi connectivity index (χ4n) is 2.75. The molecule has 1 unspecified atom stereocenters. The van der Waals surface area contributed by atoms with Crippen LogP contribution in [0.25, 0.3) is 0 Å². The zero-order valence-electron chi connectivity index (χ0n) is 11.2. The van der Waals surface area contributed by atoms with Gasteiger partial charge in [-0.25, -0.2) is 0 Å². The second-order valence-electron chi connectivity index (χ2n) is 5.25. The summed E-state index contributed by atoms with van der Waals surface area (Å²) in [5.74, 6) is 7.58. The number of nitrogens with one attached hydrogen (secondary N) is 1. The molecule has 1 aliphatic carbocycles. The minimum absolute atomic E-state index is 0.454. The van der Waals surface area contributed by atoms with E-state index < -0.39 is 0 Å². The monoisotopic (exact) mass is 264 g/mol. The van der Waals surface area contributed by atoms with Crippen LogP contribution in [0.15, 0.2) is 29.2 Å². The van der Waals surface area contributed by atoms with Crippen LogP contribution in [0.1, 0.15) is 37.7 Å². The molecule has 18 heavy (non-hydrogen) atoms. The Kier molecular flexibility index (Phi) is 5.54. The molecule has 2 nitrogen and oxygen atoms in total. The summed E-state index contributed by atoms with van der Waals surface area (Å²) >= 11 is 1.93. The van der Waals surface area contributed by atoms with Gasteiger partial charge in [-0.15, -0.1) is 11.8 Å². The molecule has 0 heterocycles. The van der Waals surface area contributed by atoms with Crippen molar-refractivity contribution in [3.8, 4) is 0 Å². The third kappa shape index (κ3) is 3.74. The van der Waals surface area contributed by atoms with E-state index in [1.165, 1.54) is 42.6 Å². The van der Waals surface area contributed by atoms with E-state index in [4.69, 9.17) is 5.84 Å². The molecule has 100 valence electrons. The maximum Gasteiger partial charge on any atom is 0.0332 e. The lowest BCUT2D eigenvalue weighted by Crippen LogP contribution is -2.43. The van der Waals surface area contributed by atoms with Crippen LogP contribution < -0.4 is 11.3 Å². The van der Waals surface area contributed by atoms with Gasteiger partial charge in [0.05, 0.1) is 0 Å². The smallest absolute Gasteiger partial charge is 0.0332 e. The molecule has 1 aromatic rings. The zero-order valence-corrected chi connectivity index (χ0v) is 12.0. The fourth-order valence-corrected chi connectivity index (χ4v) is 3.95. The summed E-state index contributed by atoms with van der Waals surface area (Å²) in [5, 5.41) is 0. The molecular weight excluding hydrogens is 240 g/mol. The van der Waals surface area contributed by atoms with E-state index in [0.717, 1.165) is 11.7 Å². The quantitative estimate of drug-likeness (QED) is 0.485. The maximum absolute atomic E-state index is 5.74. The van der Waals surface area contributed by atoms with Gasteiger partial charge in [0.15, 0.2) is 0 Å². The number of hydrogen-bond acceptors (Lipinski definition) is 3. The third-order valence-corrected chi connectivity index (χ3v) is 5.24. The second-order valence-corrected chi connectivity index (χ2v) is 6.31. The molecule has 0 aromatic heterocycles. The van der Waals surface area contributed by atoms with Crippen LogP contribution in [0, 0.1) is 12.8 Å². The van der Waals surface area contributed by atoms with Gasteiger partial charge in [-0.2, -0.15) is 0 Å². The number of thioether (sulfide) groups is 1. The van der Waals surface area contributed by atoms with Gasteiger partial charge in [0.2, 0.25) is 0 Å². The molecule has 1 aromatic carbocycles. The minimum Gasteiger partial charge on any atom is -0.271 e. The summed E-state index contributed by atoms with van der Waals surface area (Å²) in [4.78, 5) is 1.38. The first kappa shape index (κ1) is 13.9. The molecule has 0 amide bonds. The second kappa shape index (κ2) is 7.17. The van der Waals surface area contributed by atoms with E-state index in [2.05, 4.69) is 36.6 Å². The number of hydrazine groups is 1. The average Bonchev–Trinajstić information content (AvgIpc) is 2.42. The van der Waals surface area contributed by atoms with Crippen molar-refractivity contribution in [2.75, 3.05) is 5.75 Å². The molecule has 0 saturated heterocycles. The van der Waals surface area contributed by atoms with Crippen molar-refractivity contribution in [2.45, 2.75) is 50.0 Å². The van der Waals surface area contributed by atoms with Crippen LogP contribution in [-0.4, -0.2) is 11.8 Å². The van der Waals surface area contributed by atoms with Crippen molar-refractivity contribution in [1.29, 1.82) is 0 Å². The highest BCUT2D eigenvalue weighted by Crippen LogP contribution is 2.30. The largest absolute Gasteiger partial charge is 0.271 e. The Hall–Kier alpha value is -0.510. The fraction of sp³-hybridized carbons (Fsp3) is 0.600. The average molecular weight is 264 g/mol. The lowest BCUT2D eigenvalue weighted by atomic mass is 9.85. The van der Waals surface area contributed by atoms with E-state index in [9.17, 15) is 0 Å². The summed E-state index contributed by atoms with van der Waals surface area (Å²) in [6.45, 7) is 2.17. The van der Waals surface area contributed by atoms with Gasteiger partial charge in [-0.05, 0) is 37.3 Å². The topological polar surface area (TPSA) is 38.0 Å². The predicted octanol–water partition coefficient (Wildman–Crippen LogP) is 3.50. The highest BCUT2D eigenvalue weighted by atomic mass is 32.2. The Labute approximate surface area is 115 Å². The van der Waals surface area contributed by atoms with Gasteiger partial charge in [0.1, 0.15) is 0 Å². The van der Waals surface area contributed by atoms with Crippen LogP contribution in [0.3, 0.4) is 0 Å². The summed E-state index contributed by atoms with van der Waals surface area (Å²) in [6.07, 6.45) is 6.82. The molecule has 1 aliphatic rings. The van der Waals surface area contributed by atoms with Gasteiger partial charge < -0.3 is 0 Å². The van der Waals surface area contributed by atoms with E-state index in [1.54, 1.807) is 0 Å². The first-order valence-electron chi connectivity index (χ1n) is 6.96. The Morgan fingerprint density at radius 1 is 1.28 bits per heavy atom. The Bertz CT molecular complexity index is 361. The first-order valence-corrected chi connectivity index (χ1v) is 7.94. The molecule has 3 N–H and O–H groups in total. The molecule has 0 aliphatic heterocycles. The molecule has 0 radical (unpaired) electrons. The summed E-state index contributed by atoms with van der Waals surface area (Å²) in [7, 11) is 0. The number of benzene rings is 1. The molecule has 3 heteroatoms. The third-order valence-electron chi connectivity index (χ3n) is 3.94. The van der Waals surface area contributed by atoms with Gasteiger partial charge in [0.25, 0.3) is 0 Å². The van der Waals surface area contributed by atoms with E-state index >= 15 is 0 Å². The van der Waals surface area contributed by atoms with Crippen molar-refractivity contribution < 1.29 is 0 Å². The van der Waals surface area contributed by atoms with E-state index in [1.807, 2.05) is 11.8 Å². The number of nitrogens with two attached hydrogens (primary N) is 1. The van der Waals surface area contributed by atoms with Crippen LogP contribution in [-0.2, 0) is 0 Å². The first-order chi connectivity index (χ1) is 8.81. The van der Waals surface area contributed by atoms with Gasteiger partial charge in [0, 0.05) is 16.7 Å². The van der Waals surface area contributed by atoms with Crippen molar-refractivity contribution >= 4 is 11.8 Å². The van der Waals surface area contributed by atoms with Gasteiger partial charge >= 0.3 is 0 Å². The molecule has 1 saturated carbocycles. The molecule has 2 rings (SSSR count). The normalized spacial score (nSPS) is 18.8. The number of rotatable bonds is 5. The maximum atomic E-state index is 5.74. The number of aryl methyl sites for hydroxylation is 1. The predicted molar refractivity (Wildman–Crippen MR) is 79.6 cm³/mol. The van der Waals surface area contributed by atoms with Crippen molar-refractivity contribution in [2.24, 2.45) is 11.8 Å². The standard InChI is InChI=1S/C15H24N2S/c1-12-7-5-6-10-15(12)18-11-14(17-16)13-8-3-2-4-9-13/h5-7,10,13-14,17H,2-4,8-9,11,16H2,1H3. The van der Waals surface area contributed by atoms with E-state index in [-0.39, 0.29) is 0 Å². The highest BCUT2D eigenvalue weighted by Gasteiger charge is 2.22. The Balaban J connectivity index is 1.88. The summed E-state index contributed by atoms with van der Waals surface area (Å²) in [5.41, 5.74) is 4.40. The van der Waals surface area contributed by atoms with Crippen LogP contribution in [0.2, 0.25) is 0 Å². The molecule has 0 bridgehead atoms. The summed E-state index contributed by atoms with van der Waals surface area (Å²) in [6, 6.07) is 9.04. The van der Waals surface area contributed by atoms with Gasteiger partial charge in [-0.1, -0.05) is 37.5 Å². The van der Waals surface area contributed by atoms with Crippen LogP contribution in [0.4, 0.5) is 0 Å².